The Kier molecular flexibility index (Phi) is 7.15. The van der Waals surface area contributed by atoms with Crippen molar-refractivity contribution in [2.75, 3.05) is 22.7 Å². The topological polar surface area (TPSA) is 67.8 Å². The van der Waals surface area contributed by atoms with Crippen LogP contribution in [0, 0.1) is 0 Å². The van der Waals surface area contributed by atoms with E-state index in [1.807, 2.05) is 61.0 Å². The second-order valence-electron chi connectivity index (χ2n) is 8.13. The summed E-state index contributed by atoms with van der Waals surface area (Å²) in [5, 5.41) is 0.628. The van der Waals surface area contributed by atoms with Gasteiger partial charge in [0.05, 0.1) is 24.5 Å². The highest BCUT2D eigenvalue weighted by Gasteiger charge is 2.35. The third-order valence-corrected chi connectivity index (χ3v) is 7.11. The molecule has 0 N–H and O–H groups in total. The number of fused-ring (bicyclic) bond motifs is 1. The van der Waals surface area contributed by atoms with Crippen LogP contribution in [0.1, 0.15) is 30.4 Å². The summed E-state index contributed by atoms with van der Waals surface area (Å²) in [6, 6.07) is 15.4. The molecule has 0 radical (unpaired) electrons. The van der Waals surface area contributed by atoms with Gasteiger partial charge in [0, 0.05) is 22.8 Å². The second-order valence-corrected chi connectivity index (χ2v) is 9.76. The fourth-order valence-corrected chi connectivity index (χ4v) is 4.93. The van der Waals surface area contributed by atoms with E-state index in [2.05, 4.69) is 25.9 Å². The van der Waals surface area contributed by atoms with Crippen molar-refractivity contribution in [1.29, 1.82) is 0 Å². The minimum absolute atomic E-state index is 0.136. The number of carbonyl (C=O) groups is 1. The van der Waals surface area contributed by atoms with Crippen molar-refractivity contribution in [3.05, 3.63) is 70.3 Å². The maximum Gasteiger partial charge on any atom is 0.335 e. The predicted octanol–water partition coefficient (Wildman–Crippen LogP) is 6.28. The number of carbonyl (C=O) groups excluding carboxylic acids is 1. The van der Waals surface area contributed by atoms with E-state index in [0.717, 1.165) is 52.8 Å². The van der Waals surface area contributed by atoms with E-state index >= 15 is 0 Å². The Bertz CT molecular complexity index is 1170. The van der Waals surface area contributed by atoms with Crippen molar-refractivity contribution < 1.29 is 14.3 Å². The molecular weight excluding hydrogens is 516 g/mol. The normalized spacial score (nSPS) is 18.2. The van der Waals surface area contributed by atoms with Crippen LogP contribution < -0.4 is 9.80 Å². The number of hydrogen-bond acceptors (Lipinski definition) is 6. The van der Waals surface area contributed by atoms with Gasteiger partial charge in [0.15, 0.2) is 17.3 Å². The Morgan fingerprint density at radius 1 is 1.18 bits per heavy atom. The molecule has 1 saturated heterocycles. The molecule has 9 heteroatoms. The summed E-state index contributed by atoms with van der Waals surface area (Å²) in [5.74, 6) is 0.618. The first-order valence-corrected chi connectivity index (χ1v) is 13.2. The summed E-state index contributed by atoms with van der Waals surface area (Å²) in [6.45, 7) is 1.63. The molecule has 5 rings (SSSR count). The van der Waals surface area contributed by atoms with Crippen LogP contribution in [0.5, 0.6) is 0 Å². The number of rotatable bonds is 6. The summed E-state index contributed by atoms with van der Waals surface area (Å²) in [7, 11) is 0. The quantitative estimate of drug-likeness (QED) is 0.270. The number of benzene rings is 2. The minimum atomic E-state index is -0.162. The Morgan fingerprint density at radius 3 is 2.74 bits per heavy atom. The second kappa shape index (κ2) is 10.4. The molecule has 0 spiro atoms. The van der Waals surface area contributed by atoms with Gasteiger partial charge in [0.1, 0.15) is 0 Å². The van der Waals surface area contributed by atoms with Crippen molar-refractivity contribution in [2.45, 2.75) is 43.9 Å². The van der Waals surface area contributed by atoms with E-state index in [0.29, 0.717) is 24.1 Å². The van der Waals surface area contributed by atoms with Crippen LogP contribution >= 0.6 is 27.7 Å². The lowest BCUT2D eigenvalue weighted by atomic mass is 10.1. The number of aromatic nitrogens is 2. The van der Waals surface area contributed by atoms with Crippen molar-refractivity contribution >= 4 is 50.9 Å². The average Bonchev–Trinajstić information content (AvgIpc) is 2.88. The van der Waals surface area contributed by atoms with Crippen molar-refractivity contribution in [3.8, 4) is 0 Å². The third kappa shape index (κ3) is 4.84. The first kappa shape index (κ1) is 23.3. The van der Waals surface area contributed by atoms with Crippen LogP contribution in [0.2, 0.25) is 0 Å². The maximum atomic E-state index is 13.8. The molecule has 0 saturated carbocycles. The van der Waals surface area contributed by atoms with Crippen LogP contribution in [0.3, 0.4) is 0 Å². The molecule has 2 aliphatic heterocycles. The highest BCUT2D eigenvalue weighted by atomic mass is 79.9. The summed E-state index contributed by atoms with van der Waals surface area (Å²) >= 11 is 5.04. The van der Waals surface area contributed by atoms with Crippen LogP contribution in [-0.4, -0.2) is 35.2 Å². The standard InChI is InChI=1S/C25H25BrN4O3S/c1-34-24-27-14-18-15-29(21-7-3-2-6-20(21)26)25(31)30(23(18)28-24)19-11-9-17(10-12-19)16-33-22-8-4-5-13-32-22/h2-3,6-7,9-12,14,22H,4-5,8,13,15-16H2,1H3. The van der Waals surface area contributed by atoms with Crippen LogP contribution in [-0.2, 0) is 22.6 Å². The lowest BCUT2D eigenvalue weighted by Gasteiger charge is -2.36. The van der Waals surface area contributed by atoms with Crippen molar-refractivity contribution in [3.63, 3.8) is 0 Å². The molecule has 2 aromatic carbocycles. The molecule has 2 aliphatic rings. The van der Waals surface area contributed by atoms with E-state index in [-0.39, 0.29) is 12.3 Å². The first-order valence-electron chi connectivity index (χ1n) is 11.2. The molecular formula is C25H25BrN4O3S. The number of nitrogens with zero attached hydrogens (tertiary/aromatic N) is 4. The molecule has 1 aromatic heterocycles. The summed E-state index contributed by atoms with van der Waals surface area (Å²) < 4.78 is 12.4. The van der Waals surface area contributed by atoms with E-state index in [1.165, 1.54) is 11.8 Å². The average molecular weight is 541 g/mol. The van der Waals surface area contributed by atoms with Gasteiger partial charge in [0.25, 0.3) is 0 Å². The predicted molar refractivity (Wildman–Crippen MR) is 136 cm³/mol. The Morgan fingerprint density at radius 2 is 2.00 bits per heavy atom. The van der Waals surface area contributed by atoms with E-state index in [9.17, 15) is 4.79 Å². The maximum absolute atomic E-state index is 13.8. The first-order chi connectivity index (χ1) is 16.6. The summed E-state index contributed by atoms with van der Waals surface area (Å²) in [6.07, 6.45) is 6.76. The van der Waals surface area contributed by atoms with Gasteiger partial charge in [-0.15, -0.1) is 0 Å². The molecule has 1 unspecified atom stereocenters. The molecule has 34 heavy (non-hydrogen) atoms. The minimum Gasteiger partial charge on any atom is -0.353 e. The molecule has 1 atom stereocenters. The zero-order valence-corrected chi connectivity index (χ0v) is 21.2. The van der Waals surface area contributed by atoms with Gasteiger partial charge in [-0.1, -0.05) is 36.0 Å². The molecule has 176 valence electrons. The molecule has 7 nitrogen and oxygen atoms in total. The smallest absolute Gasteiger partial charge is 0.335 e. The number of anilines is 3. The van der Waals surface area contributed by atoms with Gasteiger partial charge < -0.3 is 9.47 Å². The molecule has 0 bridgehead atoms. The number of amides is 2. The molecule has 3 aromatic rings. The zero-order valence-electron chi connectivity index (χ0n) is 18.8. The fraction of sp³-hybridized carbons (Fsp3) is 0.320. The Balaban J connectivity index is 1.44. The fourth-order valence-electron chi connectivity index (χ4n) is 4.10. The van der Waals surface area contributed by atoms with Gasteiger partial charge in [-0.05, 0) is 71.3 Å². The largest absolute Gasteiger partial charge is 0.353 e. The molecule has 1 fully saturated rings. The highest BCUT2D eigenvalue weighted by Crippen LogP contribution is 2.38. The van der Waals surface area contributed by atoms with Gasteiger partial charge in [-0.25, -0.2) is 19.7 Å². The molecule has 3 heterocycles. The van der Waals surface area contributed by atoms with Crippen LogP contribution in [0.25, 0.3) is 0 Å². The number of thioether (sulfide) groups is 1. The van der Waals surface area contributed by atoms with Crippen LogP contribution in [0.15, 0.2) is 64.4 Å². The van der Waals surface area contributed by atoms with Gasteiger partial charge in [-0.3, -0.25) is 4.90 Å². The van der Waals surface area contributed by atoms with Gasteiger partial charge in [-0.2, -0.15) is 0 Å². The molecule has 0 aliphatic carbocycles. The van der Waals surface area contributed by atoms with Crippen molar-refractivity contribution in [1.82, 2.24) is 9.97 Å². The third-order valence-electron chi connectivity index (χ3n) is 5.88. The van der Waals surface area contributed by atoms with E-state index in [1.54, 1.807) is 9.80 Å². The number of hydrogen-bond donors (Lipinski definition) is 0. The lowest BCUT2D eigenvalue weighted by molar-refractivity contribution is -0.168. The lowest BCUT2D eigenvalue weighted by Crippen LogP contribution is -2.45. The SMILES string of the molecule is CSc1ncc2c(n1)N(c1ccc(COC3CCCCO3)cc1)C(=O)N(c1ccccc1Br)C2. The Labute approximate surface area is 211 Å². The highest BCUT2D eigenvalue weighted by molar-refractivity contribution is 9.10. The molecule has 2 amide bonds. The number of para-hydroxylation sites is 1. The van der Waals surface area contributed by atoms with Gasteiger partial charge in [0.2, 0.25) is 0 Å². The Hall–Kier alpha value is -2.46. The van der Waals surface area contributed by atoms with Gasteiger partial charge >= 0.3 is 6.03 Å². The number of halogens is 1. The van der Waals surface area contributed by atoms with E-state index in [4.69, 9.17) is 9.47 Å². The van der Waals surface area contributed by atoms with Crippen molar-refractivity contribution in [2.24, 2.45) is 0 Å². The number of ether oxygens (including phenoxy) is 2. The summed E-state index contributed by atoms with van der Waals surface area (Å²) in [5.41, 5.74) is 3.45. The zero-order chi connectivity index (χ0) is 23.5. The summed E-state index contributed by atoms with van der Waals surface area (Å²) in [4.78, 5) is 26.3. The number of urea groups is 1. The monoisotopic (exact) mass is 540 g/mol. The van der Waals surface area contributed by atoms with Crippen LogP contribution in [0.4, 0.5) is 22.0 Å². The van der Waals surface area contributed by atoms with E-state index < -0.39 is 0 Å².